The van der Waals surface area contributed by atoms with Gasteiger partial charge in [0.2, 0.25) is 0 Å². The maximum Gasteiger partial charge on any atom is 0.191 e. The maximum absolute atomic E-state index is 13.9. The molecule has 1 unspecified atom stereocenters. The standard InChI is InChI=1S/C17H26F2N4O3S.HI/c1-20-17(21-7-9-26-10-11-27(2,24)25)22-13-6-8-23(12-13)16-14(18)4-3-5-15(16)19;/h3-5,13H,6-12H2,1-2H3,(H2,20,21,22);1H. The maximum atomic E-state index is 13.9. The zero-order valence-electron chi connectivity index (χ0n) is 16.0. The van der Waals surface area contributed by atoms with Crippen molar-refractivity contribution in [3.63, 3.8) is 0 Å². The van der Waals surface area contributed by atoms with Gasteiger partial charge in [-0.25, -0.2) is 17.2 Å². The van der Waals surface area contributed by atoms with Crippen LogP contribution in [0.15, 0.2) is 23.2 Å². The van der Waals surface area contributed by atoms with Gasteiger partial charge in [-0.2, -0.15) is 0 Å². The number of anilines is 1. The van der Waals surface area contributed by atoms with Crippen LogP contribution in [0.3, 0.4) is 0 Å². The molecule has 0 radical (unpaired) electrons. The number of sulfone groups is 1. The Labute approximate surface area is 181 Å². The largest absolute Gasteiger partial charge is 0.379 e. The monoisotopic (exact) mass is 532 g/mol. The summed E-state index contributed by atoms with van der Waals surface area (Å²) in [6, 6.07) is 3.86. The Kier molecular flexibility index (Phi) is 10.4. The second kappa shape index (κ2) is 11.7. The zero-order chi connectivity index (χ0) is 19.9. The summed E-state index contributed by atoms with van der Waals surface area (Å²) in [7, 11) is -1.39. The smallest absolute Gasteiger partial charge is 0.191 e. The third kappa shape index (κ3) is 8.03. The molecule has 1 aromatic carbocycles. The van der Waals surface area contributed by atoms with E-state index in [0.717, 1.165) is 6.42 Å². The molecule has 1 heterocycles. The number of benzene rings is 1. The Morgan fingerprint density at radius 1 is 1.32 bits per heavy atom. The number of ether oxygens (including phenoxy) is 1. The van der Waals surface area contributed by atoms with Gasteiger partial charge in [-0.1, -0.05) is 6.07 Å². The number of hydrogen-bond acceptors (Lipinski definition) is 5. The molecule has 1 fully saturated rings. The molecule has 28 heavy (non-hydrogen) atoms. The molecule has 7 nitrogen and oxygen atoms in total. The van der Waals surface area contributed by atoms with Crippen molar-refractivity contribution in [2.75, 3.05) is 56.8 Å². The lowest BCUT2D eigenvalue weighted by Crippen LogP contribution is -2.45. The fourth-order valence-electron chi connectivity index (χ4n) is 2.81. The van der Waals surface area contributed by atoms with Gasteiger partial charge < -0.3 is 20.3 Å². The topological polar surface area (TPSA) is 83.0 Å². The van der Waals surface area contributed by atoms with E-state index < -0.39 is 21.5 Å². The van der Waals surface area contributed by atoms with E-state index >= 15 is 0 Å². The molecular formula is C17H27F2IN4O3S. The van der Waals surface area contributed by atoms with Crippen LogP contribution >= 0.6 is 24.0 Å². The van der Waals surface area contributed by atoms with Crippen molar-refractivity contribution < 1.29 is 21.9 Å². The van der Waals surface area contributed by atoms with Crippen LogP contribution in [0.2, 0.25) is 0 Å². The van der Waals surface area contributed by atoms with Crippen molar-refractivity contribution >= 4 is 45.5 Å². The van der Waals surface area contributed by atoms with Crippen LogP contribution in [0.5, 0.6) is 0 Å². The molecule has 1 aliphatic rings. The van der Waals surface area contributed by atoms with Crippen molar-refractivity contribution in [2.45, 2.75) is 12.5 Å². The number of rotatable bonds is 8. The van der Waals surface area contributed by atoms with Crippen LogP contribution in [-0.2, 0) is 14.6 Å². The molecule has 160 valence electrons. The lowest BCUT2D eigenvalue weighted by atomic mass is 10.2. The predicted octanol–water partition coefficient (Wildman–Crippen LogP) is 1.39. The van der Waals surface area contributed by atoms with Gasteiger partial charge in [-0.15, -0.1) is 24.0 Å². The predicted molar refractivity (Wildman–Crippen MR) is 117 cm³/mol. The van der Waals surface area contributed by atoms with Gasteiger partial charge in [-0.05, 0) is 18.6 Å². The Hall–Kier alpha value is -1.21. The van der Waals surface area contributed by atoms with E-state index in [4.69, 9.17) is 4.74 Å². The Balaban J connectivity index is 0.00000392. The van der Waals surface area contributed by atoms with Gasteiger partial charge in [0.05, 0.1) is 19.0 Å². The number of halogens is 3. The fourth-order valence-corrected chi connectivity index (χ4v) is 3.23. The first kappa shape index (κ1) is 24.8. The van der Waals surface area contributed by atoms with E-state index in [1.54, 1.807) is 11.9 Å². The van der Waals surface area contributed by atoms with E-state index in [1.807, 2.05) is 0 Å². The number of hydrogen-bond donors (Lipinski definition) is 2. The van der Waals surface area contributed by atoms with Gasteiger partial charge in [-0.3, -0.25) is 4.99 Å². The second-order valence-corrected chi connectivity index (χ2v) is 8.65. The summed E-state index contributed by atoms with van der Waals surface area (Å²) in [5, 5.41) is 6.29. The van der Waals surface area contributed by atoms with Crippen molar-refractivity contribution in [1.82, 2.24) is 10.6 Å². The van der Waals surface area contributed by atoms with E-state index in [0.29, 0.717) is 32.2 Å². The molecular weight excluding hydrogens is 505 g/mol. The van der Waals surface area contributed by atoms with Gasteiger partial charge in [0.1, 0.15) is 27.2 Å². The summed E-state index contributed by atoms with van der Waals surface area (Å²) in [4.78, 5) is 5.80. The van der Waals surface area contributed by atoms with Crippen molar-refractivity contribution in [2.24, 2.45) is 4.99 Å². The number of guanidine groups is 1. The molecule has 1 saturated heterocycles. The van der Waals surface area contributed by atoms with Gasteiger partial charge in [0, 0.05) is 39.0 Å². The lowest BCUT2D eigenvalue weighted by Gasteiger charge is -2.21. The summed E-state index contributed by atoms with van der Waals surface area (Å²) in [6.07, 6.45) is 1.89. The molecule has 1 aliphatic heterocycles. The Morgan fingerprint density at radius 2 is 2.00 bits per heavy atom. The van der Waals surface area contributed by atoms with Crippen LogP contribution in [0.4, 0.5) is 14.5 Å². The number of nitrogens with zero attached hydrogens (tertiary/aromatic N) is 2. The molecule has 0 aliphatic carbocycles. The van der Waals surface area contributed by atoms with Crippen molar-refractivity contribution in [1.29, 1.82) is 0 Å². The lowest BCUT2D eigenvalue weighted by molar-refractivity contribution is 0.154. The average molecular weight is 532 g/mol. The molecule has 0 aromatic heterocycles. The molecule has 0 bridgehead atoms. The Bertz CT molecular complexity index is 745. The van der Waals surface area contributed by atoms with Crippen molar-refractivity contribution in [3.8, 4) is 0 Å². The molecule has 2 rings (SSSR count). The van der Waals surface area contributed by atoms with Gasteiger partial charge in [0.25, 0.3) is 0 Å². The van der Waals surface area contributed by atoms with E-state index in [2.05, 4.69) is 15.6 Å². The zero-order valence-corrected chi connectivity index (χ0v) is 19.1. The van der Waals surface area contributed by atoms with E-state index in [9.17, 15) is 17.2 Å². The van der Waals surface area contributed by atoms with Crippen molar-refractivity contribution in [3.05, 3.63) is 29.8 Å². The minimum absolute atomic E-state index is 0. The third-order valence-corrected chi connectivity index (χ3v) is 5.05. The molecule has 1 aromatic rings. The van der Waals surface area contributed by atoms with Crippen LogP contribution < -0.4 is 15.5 Å². The first-order valence-electron chi connectivity index (χ1n) is 8.72. The quantitative estimate of drug-likeness (QED) is 0.228. The highest BCUT2D eigenvalue weighted by Crippen LogP contribution is 2.26. The summed E-state index contributed by atoms with van der Waals surface area (Å²) in [5.74, 6) is -0.582. The highest BCUT2D eigenvalue weighted by molar-refractivity contribution is 14.0. The van der Waals surface area contributed by atoms with Crippen LogP contribution in [0.1, 0.15) is 6.42 Å². The number of nitrogens with one attached hydrogen (secondary N) is 2. The van der Waals surface area contributed by atoms with E-state index in [-0.39, 0.29) is 48.1 Å². The average Bonchev–Trinajstić information content (AvgIpc) is 3.03. The number of para-hydroxylation sites is 1. The number of aliphatic imine (C=N–C) groups is 1. The third-order valence-electron chi connectivity index (χ3n) is 4.14. The molecule has 0 spiro atoms. The SMILES string of the molecule is CN=C(NCCOCCS(C)(=O)=O)NC1CCN(c2c(F)cccc2F)C1.I. The van der Waals surface area contributed by atoms with Gasteiger partial charge in [0.15, 0.2) is 5.96 Å². The van der Waals surface area contributed by atoms with Crippen LogP contribution in [-0.4, -0.2) is 72.3 Å². The molecule has 11 heteroatoms. The Morgan fingerprint density at radius 3 is 2.61 bits per heavy atom. The summed E-state index contributed by atoms with van der Waals surface area (Å²) in [6.45, 7) is 1.96. The summed E-state index contributed by atoms with van der Waals surface area (Å²) in [5.41, 5.74) is 0.00372. The summed E-state index contributed by atoms with van der Waals surface area (Å²) < 4.78 is 55.1. The van der Waals surface area contributed by atoms with Crippen LogP contribution in [0, 0.1) is 11.6 Å². The molecule has 1 atom stereocenters. The first-order chi connectivity index (χ1) is 12.8. The van der Waals surface area contributed by atoms with Gasteiger partial charge >= 0.3 is 0 Å². The molecule has 0 amide bonds. The summed E-state index contributed by atoms with van der Waals surface area (Å²) >= 11 is 0. The fraction of sp³-hybridized carbons (Fsp3) is 0.588. The minimum atomic E-state index is -3.02. The highest BCUT2D eigenvalue weighted by atomic mass is 127. The second-order valence-electron chi connectivity index (χ2n) is 6.39. The molecule has 0 saturated carbocycles. The first-order valence-corrected chi connectivity index (χ1v) is 10.8. The van der Waals surface area contributed by atoms with Crippen LogP contribution in [0.25, 0.3) is 0 Å². The minimum Gasteiger partial charge on any atom is -0.379 e. The van der Waals surface area contributed by atoms with E-state index in [1.165, 1.54) is 24.5 Å². The molecule has 2 N–H and O–H groups in total. The highest BCUT2D eigenvalue weighted by Gasteiger charge is 2.27. The normalized spacial score (nSPS) is 17.4.